The summed E-state index contributed by atoms with van der Waals surface area (Å²) in [5, 5.41) is 9.21. The molecule has 19 heavy (non-hydrogen) atoms. The third-order valence-electron chi connectivity index (χ3n) is 3.24. The molecule has 5 heteroatoms. The molecule has 0 saturated heterocycles. The van der Waals surface area contributed by atoms with Gasteiger partial charge in [-0.3, -0.25) is 0 Å². The molecule has 1 rings (SSSR count). The van der Waals surface area contributed by atoms with Crippen LogP contribution in [0.3, 0.4) is 0 Å². The molecule has 1 aromatic carbocycles. The molecule has 0 aliphatic carbocycles. The van der Waals surface area contributed by atoms with E-state index in [2.05, 4.69) is 18.6 Å². The fraction of sp³-hybridized carbons (Fsp3) is 0.571. The van der Waals surface area contributed by atoms with Crippen LogP contribution >= 0.6 is 0 Å². The number of hydrogen-bond acceptors (Lipinski definition) is 3. The Bertz CT molecular complexity index is 499. The van der Waals surface area contributed by atoms with Crippen LogP contribution in [0.25, 0.3) is 0 Å². The van der Waals surface area contributed by atoms with Gasteiger partial charge in [0.15, 0.2) is 0 Å². The van der Waals surface area contributed by atoms with E-state index in [0.29, 0.717) is 11.5 Å². The molecule has 0 amide bonds. The van der Waals surface area contributed by atoms with Crippen LogP contribution in [0.2, 0.25) is 0 Å². The molecule has 0 fully saturated rings. The van der Waals surface area contributed by atoms with Crippen molar-refractivity contribution in [3.05, 3.63) is 29.8 Å². The first-order valence-corrected chi connectivity index (χ1v) is 8.10. The van der Waals surface area contributed by atoms with Gasteiger partial charge in [-0.15, -0.1) is 0 Å². The summed E-state index contributed by atoms with van der Waals surface area (Å²) in [6.45, 7) is 5.78. The van der Waals surface area contributed by atoms with E-state index in [0.717, 1.165) is 12.8 Å². The predicted molar refractivity (Wildman–Crippen MR) is 76.2 cm³/mol. The monoisotopic (exact) mass is 285 g/mol. The van der Waals surface area contributed by atoms with Gasteiger partial charge in [-0.2, -0.15) is 0 Å². The summed E-state index contributed by atoms with van der Waals surface area (Å²) in [5.74, 6) is 0.478. The summed E-state index contributed by atoms with van der Waals surface area (Å²) in [6.07, 6.45) is 1.83. The second-order valence-corrected chi connectivity index (χ2v) is 6.72. The van der Waals surface area contributed by atoms with Gasteiger partial charge in [0, 0.05) is 6.04 Å². The van der Waals surface area contributed by atoms with Crippen molar-refractivity contribution in [1.82, 2.24) is 4.72 Å². The fourth-order valence-corrected chi connectivity index (χ4v) is 3.53. The smallest absolute Gasteiger partial charge is 0.241 e. The van der Waals surface area contributed by atoms with E-state index in [9.17, 15) is 13.5 Å². The largest absolute Gasteiger partial charge is 0.392 e. The van der Waals surface area contributed by atoms with Gasteiger partial charge in [0.2, 0.25) is 10.0 Å². The average Bonchev–Trinajstić information content (AvgIpc) is 2.37. The van der Waals surface area contributed by atoms with Crippen LogP contribution in [-0.2, 0) is 16.6 Å². The molecule has 2 N–H and O–H groups in total. The lowest BCUT2D eigenvalue weighted by molar-refractivity contribution is 0.278. The van der Waals surface area contributed by atoms with Gasteiger partial charge in [-0.1, -0.05) is 38.5 Å². The SMILES string of the molecule is CCC(C)CC(C)NS(=O)(=O)c1ccccc1CO. The van der Waals surface area contributed by atoms with Crippen molar-refractivity contribution in [3.8, 4) is 0 Å². The zero-order valence-corrected chi connectivity index (χ0v) is 12.6. The quantitative estimate of drug-likeness (QED) is 0.807. The van der Waals surface area contributed by atoms with Crippen molar-refractivity contribution in [2.75, 3.05) is 0 Å². The second-order valence-electron chi connectivity index (χ2n) is 5.04. The lowest BCUT2D eigenvalue weighted by Crippen LogP contribution is -2.34. The Morgan fingerprint density at radius 1 is 1.26 bits per heavy atom. The summed E-state index contributed by atoms with van der Waals surface area (Å²) >= 11 is 0. The Balaban J connectivity index is 2.86. The number of benzene rings is 1. The van der Waals surface area contributed by atoms with Gasteiger partial charge in [0.05, 0.1) is 11.5 Å². The van der Waals surface area contributed by atoms with Gasteiger partial charge in [-0.05, 0) is 30.9 Å². The highest BCUT2D eigenvalue weighted by molar-refractivity contribution is 7.89. The zero-order chi connectivity index (χ0) is 14.5. The van der Waals surface area contributed by atoms with Gasteiger partial charge in [0.25, 0.3) is 0 Å². The molecule has 0 spiro atoms. The van der Waals surface area contributed by atoms with E-state index in [-0.39, 0.29) is 17.5 Å². The molecule has 2 atom stereocenters. The highest BCUT2D eigenvalue weighted by Crippen LogP contribution is 2.17. The highest BCUT2D eigenvalue weighted by Gasteiger charge is 2.20. The Morgan fingerprint density at radius 3 is 2.47 bits per heavy atom. The Labute approximate surface area is 115 Å². The number of nitrogens with one attached hydrogen (secondary N) is 1. The van der Waals surface area contributed by atoms with Crippen LogP contribution < -0.4 is 4.72 Å². The minimum Gasteiger partial charge on any atom is -0.392 e. The summed E-state index contributed by atoms with van der Waals surface area (Å²) < 4.78 is 27.2. The van der Waals surface area contributed by atoms with Gasteiger partial charge in [-0.25, -0.2) is 13.1 Å². The van der Waals surface area contributed by atoms with Gasteiger partial charge in [0.1, 0.15) is 0 Å². The molecule has 0 aliphatic rings. The van der Waals surface area contributed by atoms with Crippen molar-refractivity contribution in [1.29, 1.82) is 0 Å². The van der Waals surface area contributed by atoms with Gasteiger partial charge < -0.3 is 5.11 Å². The van der Waals surface area contributed by atoms with Crippen LogP contribution in [0.4, 0.5) is 0 Å². The third kappa shape index (κ3) is 4.60. The second kappa shape index (κ2) is 7.03. The lowest BCUT2D eigenvalue weighted by atomic mass is 10.0. The first kappa shape index (κ1) is 16.1. The van der Waals surface area contributed by atoms with E-state index in [4.69, 9.17) is 0 Å². The predicted octanol–water partition coefficient (Wildman–Crippen LogP) is 2.28. The molecule has 1 aromatic rings. The van der Waals surface area contributed by atoms with E-state index in [1.54, 1.807) is 18.2 Å². The normalized spacial score (nSPS) is 15.2. The van der Waals surface area contributed by atoms with Gasteiger partial charge >= 0.3 is 0 Å². The molecule has 0 saturated carbocycles. The maximum atomic E-state index is 12.3. The number of sulfonamides is 1. The molecule has 0 aliphatic heterocycles. The van der Waals surface area contributed by atoms with Crippen LogP contribution in [0.15, 0.2) is 29.2 Å². The summed E-state index contributed by atoms with van der Waals surface area (Å²) in [6, 6.07) is 6.39. The van der Waals surface area contributed by atoms with Crippen molar-refractivity contribution in [3.63, 3.8) is 0 Å². The minimum atomic E-state index is -3.57. The molecular formula is C14H23NO3S. The minimum absolute atomic E-state index is 0.119. The van der Waals surface area contributed by atoms with Crippen molar-refractivity contribution < 1.29 is 13.5 Å². The third-order valence-corrected chi connectivity index (χ3v) is 4.93. The van der Waals surface area contributed by atoms with Crippen LogP contribution in [0, 0.1) is 5.92 Å². The van der Waals surface area contributed by atoms with Crippen molar-refractivity contribution >= 4 is 10.0 Å². The van der Waals surface area contributed by atoms with E-state index >= 15 is 0 Å². The highest BCUT2D eigenvalue weighted by atomic mass is 32.2. The maximum Gasteiger partial charge on any atom is 0.241 e. The standard InChI is InChI=1S/C14H23NO3S/c1-4-11(2)9-12(3)15-19(17,18)14-8-6-5-7-13(14)10-16/h5-8,11-12,15-16H,4,9-10H2,1-3H3. The summed E-state index contributed by atoms with van der Waals surface area (Å²) in [7, 11) is -3.57. The fourth-order valence-electron chi connectivity index (χ4n) is 2.04. The van der Waals surface area contributed by atoms with Crippen LogP contribution in [-0.4, -0.2) is 19.6 Å². The van der Waals surface area contributed by atoms with E-state index < -0.39 is 10.0 Å². The maximum absolute atomic E-state index is 12.3. The number of rotatable bonds is 7. The Morgan fingerprint density at radius 2 is 1.89 bits per heavy atom. The Kier molecular flexibility index (Phi) is 5.97. The zero-order valence-electron chi connectivity index (χ0n) is 11.8. The molecule has 2 unspecified atom stereocenters. The van der Waals surface area contributed by atoms with Crippen LogP contribution in [0.1, 0.15) is 39.2 Å². The topological polar surface area (TPSA) is 66.4 Å². The van der Waals surface area contributed by atoms with Crippen LogP contribution in [0.5, 0.6) is 0 Å². The summed E-state index contributed by atoms with van der Waals surface area (Å²) in [5.41, 5.74) is 0.422. The van der Waals surface area contributed by atoms with Crippen molar-refractivity contribution in [2.45, 2.75) is 51.2 Å². The number of hydrogen-bond donors (Lipinski definition) is 2. The lowest BCUT2D eigenvalue weighted by Gasteiger charge is -2.18. The number of aliphatic hydroxyl groups is 1. The Hall–Kier alpha value is -0.910. The van der Waals surface area contributed by atoms with E-state index in [1.807, 2.05) is 6.92 Å². The molecule has 0 radical (unpaired) electrons. The summed E-state index contributed by atoms with van der Waals surface area (Å²) in [4.78, 5) is 0.161. The molecule has 0 bridgehead atoms. The number of aliphatic hydroxyl groups excluding tert-OH is 1. The van der Waals surface area contributed by atoms with E-state index in [1.165, 1.54) is 6.07 Å². The molecule has 4 nitrogen and oxygen atoms in total. The average molecular weight is 285 g/mol. The first-order valence-electron chi connectivity index (χ1n) is 6.61. The van der Waals surface area contributed by atoms with Crippen molar-refractivity contribution in [2.24, 2.45) is 5.92 Å². The molecular weight excluding hydrogens is 262 g/mol. The molecule has 108 valence electrons. The first-order chi connectivity index (χ1) is 8.90. The molecule has 0 heterocycles. The molecule has 0 aromatic heterocycles.